The van der Waals surface area contributed by atoms with Crippen LogP contribution in [0, 0.1) is 0 Å². The number of hydrogen-bond acceptors (Lipinski definition) is 2. The van der Waals surface area contributed by atoms with Crippen LogP contribution in [0.25, 0.3) is 0 Å². The van der Waals surface area contributed by atoms with Crippen LogP contribution in [0.1, 0.15) is 17.0 Å². The van der Waals surface area contributed by atoms with Gasteiger partial charge in [0.05, 0.1) is 6.04 Å². The maximum Gasteiger partial charge on any atom is 0.239 e. The minimum Gasteiger partial charge on any atom is -0.340 e. The molecule has 2 aromatic carbocycles. The number of rotatable bonds is 4. The number of hydrogen-bond donors (Lipinski definition) is 1. The topological polar surface area (TPSA) is 46.3 Å². The van der Waals surface area contributed by atoms with E-state index in [1.54, 1.807) is 12.1 Å². The molecule has 1 amide bonds. The van der Waals surface area contributed by atoms with Crippen molar-refractivity contribution in [3.63, 3.8) is 0 Å². The summed E-state index contributed by atoms with van der Waals surface area (Å²) >= 11 is 12.0. The predicted octanol–water partition coefficient (Wildman–Crippen LogP) is 3.49. The van der Waals surface area contributed by atoms with Crippen LogP contribution < -0.4 is 5.73 Å². The molecule has 1 saturated heterocycles. The lowest BCUT2D eigenvalue weighted by Gasteiger charge is -2.41. The lowest BCUT2D eigenvalue weighted by atomic mass is 9.90. The highest BCUT2D eigenvalue weighted by molar-refractivity contribution is 6.35. The van der Waals surface area contributed by atoms with E-state index in [1.807, 2.05) is 29.2 Å². The van der Waals surface area contributed by atoms with Gasteiger partial charge in [-0.3, -0.25) is 4.79 Å². The van der Waals surface area contributed by atoms with E-state index in [-0.39, 0.29) is 5.91 Å². The van der Waals surface area contributed by atoms with Gasteiger partial charge in [0.1, 0.15) is 0 Å². The van der Waals surface area contributed by atoms with Crippen molar-refractivity contribution in [3.05, 3.63) is 69.7 Å². The van der Waals surface area contributed by atoms with Gasteiger partial charge in [0.15, 0.2) is 0 Å². The van der Waals surface area contributed by atoms with Crippen LogP contribution in [-0.4, -0.2) is 29.9 Å². The van der Waals surface area contributed by atoms with E-state index in [2.05, 4.69) is 12.1 Å². The van der Waals surface area contributed by atoms with Gasteiger partial charge in [0, 0.05) is 29.1 Å². The van der Waals surface area contributed by atoms with Crippen LogP contribution in [-0.2, 0) is 11.2 Å². The van der Waals surface area contributed by atoms with Gasteiger partial charge in [-0.05, 0) is 29.7 Å². The number of benzene rings is 2. The summed E-state index contributed by atoms with van der Waals surface area (Å²) in [6, 6.07) is 14.9. The maximum absolute atomic E-state index is 12.4. The van der Waals surface area contributed by atoms with Crippen molar-refractivity contribution < 1.29 is 4.79 Å². The highest BCUT2D eigenvalue weighted by atomic mass is 35.5. The molecule has 120 valence electrons. The molecule has 0 saturated carbocycles. The Morgan fingerprint density at radius 3 is 2.52 bits per heavy atom. The fraction of sp³-hybridized carbons (Fsp3) is 0.278. The van der Waals surface area contributed by atoms with Crippen LogP contribution in [0.2, 0.25) is 10.0 Å². The van der Waals surface area contributed by atoms with Crippen LogP contribution in [0.15, 0.2) is 48.5 Å². The predicted molar refractivity (Wildman–Crippen MR) is 93.9 cm³/mol. The zero-order valence-corrected chi connectivity index (χ0v) is 14.1. The van der Waals surface area contributed by atoms with Crippen molar-refractivity contribution in [3.8, 4) is 0 Å². The summed E-state index contributed by atoms with van der Waals surface area (Å²) < 4.78 is 0. The lowest BCUT2D eigenvalue weighted by Crippen LogP contribution is -2.54. The van der Waals surface area contributed by atoms with E-state index in [0.29, 0.717) is 22.4 Å². The molecule has 1 heterocycles. The van der Waals surface area contributed by atoms with Crippen LogP contribution in [0.3, 0.4) is 0 Å². The second-order valence-corrected chi connectivity index (χ2v) is 6.74. The van der Waals surface area contributed by atoms with Crippen molar-refractivity contribution >= 4 is 29.1 Å². The van der Waals surface area contributed by atoms with Gasteiger partial charge in [-0.25, -0.2) is 0 Å². The highest BCUT2D eigenvalue weighted by Crippen LogP contribution is 2.28. The Morgan fingerprint density at radius 1 is 1.17 bits per heavy atom. The molecule has 1 fully saturated rings. The molecule has 0 aliphatic carbocycles. The van der Waals surface area contributed by atoms with Crippen molar-refractivity contribution in [2.45, 2.75) is 18.4 Å². The number of halogens is 2. The van der Waals surface area contributed by atoms with E-state index in [0.717, 1.165) is 18.7 Å². The number of nitrogens with two attached hydrogens (primary N) is 1. The first-order valence-electron chi connectivity index (χ1n) is 7.58. The molecule has 0 unspecified atom stereocenters. The quantitative estimate of drug-likeness (QED) is 0.919. The lowest BCUT2D eigenvalue weighted by molar-refractivity contribution is -0.137. The third kappa shape index (κ3) is 3.69. The zero-order valence-electron chi connectivity index (χ0n) is 12.6. The normalized spacial score (nSPS) is 16.0. The Balaban J connectivity index is 1.57. The Labute approximate surface area is 146 Å². The van der Waals surface area contributed by atoms with Gasteiger partial charge in [-0.15, -0.1) is 0 Å². The Hall–Kier alpha value is -1.55. The molecule has 0 aromatic heterocycles. The van der Waals surface area contributed by atoms with E-state index in [9.17, 15) is 4.79 Å². The SMILES string of the molecule is N[C@H](Cc1ccc(Cl)cc1Cl)C(=O)N1CC(c2ccccc2)C1. The molecule has 3 rings (SSSR count). The third-order valence-corrected chi connectivity index (χ3v) is 4.82. The van der Waals surface area contributed by atoms with Gasteiger partial charge in [-0.1, -0.05) is 59.6 Å². The molecule has 5 heteroatoms. The monoisotopic (exact) mass is 348 g/mol. The number of nitrogens with zero attached hydrogens (tertiary/aromatic N) is 1. The fourth-order valence-electron chi connectivity index (χ4n) is 2.84. The molecule has 23 heavy (non-hydrogen) atoms. The molecule has 1 aliphatic heterocycles. The molecule has 2 aromatic rings. The van der Waals surface area contributed by atoms with E-state index >= 15 is 0 Å². The second-order valence-electron chi connectivity index (χ2n) is 5.90. The molecule has 0 radical (unpaired) electrons. The average Bonchev–Trinajstić information content (AvgIpc) is 2.49. The van der Waals surface area contributed by atoms with Gasteiger partial charge >= 0.3 is 0 Å². The molecular formula is C18H18Cl2N2O. The van der Waals surface area contributed by atoms with Crippen molar-refractivity contribution in [2.24, 2.45) is 5.73 Å². The Kier molecular flexibility index (Phi) is 4.90. The molecule has 0 bridgehead atoms. The maximum atomic E-state index is 12.4. The smallest absolute Gasteiger partial charge is 0.239 e. The molecule has 3 nitrogen and oxygen atoms in total. The number of carbonyl (C=O) groups is 1. The summed E-state index contributed by atoms with van der Waals surface area (Å²) in [7, 11) is 0. The third-order valence-electron chi connectivity index (χ3n) is 4.24. The van der Waals surface area contributed by atoms with Gasteiger partial charge in [0.25, 0.3) is 0 Å². The number of carbonyl (C=O) groups excluding carboxylic acids is 1. The average molecular weight is 349 g/mol. The fourth-order valence-corrected chi connectivity index (χ4v) is 3.33. The standard InChI is InChI=1S/C18H18Cl2N2O/c19-15-7-6-13(16(20)9-15)8-17(21)18(23)22-10-14(11-22)12-4-2-1-3-5-12/h1-7,9,14,17H,8,10-11,21H2/t17-/m1/s1. The zero-order chi connectivity index (χ0) is 16.4. The molecular weight excluding hydrogens is 331 g/mol. The Bertz CT molecular complexity index is 699. The largest absolute Gasteiger partial charge is 0.340 e. The summed E-state index contributed by atoms with van der Waals surface area (Å²) in [5, 5.41) is 1.12. The molecule has 1 atom stereocenters. The van der Waals surface area contributed by atoms with Crippen molar-refractivity contribution in [1.29, 1.82) is 0 Å². The first-order valence-corrected chi connectivity index (χ1v) is 8.33. The minimum atomic E-state index is -0.578. The van der Waals surface area contributed by atoms with E-state index in [1.165, 1.54) is 5.56 Å². The summed E-state index contributed by atoms with van der Waals surface area (Å²) in [5.74, 6) is 0.384. The summed E-state index contributed by atoms with van der Waals surface area (Å²) in [5.41, 5.74) is 8.18. The first-order chi connectivity index (χ1) is 11.0. The molecule has 2 N–H and O–H groups in total. The van der Waals surface area contributed by atoms with Crippen LogP contribution in [0.5, 0.6) is 0 Å². The highest BCUT2D eigenvalue weighted by Gasteiger charge is 2.34. The van der Waals surface area contributed by atoms with E-state index < -0.39 is 6.04 Å². The van der Waals surface area contributed by atoms with Gasteiger partial charge in [-0.2, -0.15) is 0 Å². The Morgan fingerprint density at radius 2 is 1.87 bits per heavy atom. The summed E-state index contributed by atoms with van der Waals surface area (Å²) in [6.07, 6.45) is 0.418. The number of amides is 1. The summed E-state index contributed by atoms with van der Waals surface area (Å²) in [4.78, 5) is 14.2. The molecule has 0 spiro atoms. The van der Waals surface area contributed by atoms with Crippen molar-refractivity contribution in [1.82, 2.24) is 4.90 Å². The first kappa shape index (κ1) is 16.3. The van der Waals surface area contributed by atoms with Crippen molar-refractivity contribution in [2.75, 3.05) is 13.1 Å². The van der Waals surface area contributed by atoms with Gasteiger partial charge < -0.3 is 10.6 Å². The van der Waals surface area contributed by atoms with E-state index in [4.69, 9.17) is 28.9 Å². The van der Waals surface area contributed by atoms with Crippen LogP contribution in [0.4, 0.5) is 0 Å². The second kappa shape index (κ2) is 6.91. The van der Waals surface area contributed by atoms with Gasteiger partial charge in [0.2, 0.25) is 5.91 Å². The van der Waals surface area contributed by atoms with Crippen LogP contribution >= 0.6 is 23.2 Å². The summed E-state index contributed by atoms with van der Waals surface area (Å²) in [6.45, 7) is 1.45. The minimum absolute atomic E-state index is 0.0248. The molecule has 1 aliphatic rings. The number of likely N-dealkylation sites (tertiary alicyclic amines) is 1.